The van der Waals surface area contributed by atoms with E-state index in [4.69, 9.17) is 29.9 Å². The van der Waals surface area contributed by atoms with Gasteiger partial charge in [-0.2, -0.15) is 54.0 Å². The van der Waals surface area contributed by atoms with Crippen molar-refractivity contribution in [2.75, 3.05) is 19.8 Å². The Bertz CT molecular complexity index is 1480. The predicted octanol–water partition coefficient (Wildman–Crippen LogP) is 2.69. The smallest absolute Gasteiger partial charge is 1.00 e. The van der Waals surface area contributed by atoms with Crippen LogP contribution in [0.3, 0.4) is 0 Å². The van der Waals surface area contributed by atoms with Crippen molar-refractivity contribution in [2.45, 2.75) is 142 Å². The molecule has 8 fully saturated rings. The van der Waals surface area contributed by atoms with Gasteiger partial charge < -0.3 is 40.8 Å². The van der Waals surface area contributed by atoms with Crippen molar-refractivity contribution < 1.29 is 114 Å². The van der Waals surface area contributed by atoms with Crippen LogP contribution in [0, 0.1) is 59.2 Å². The Kier molecular flexibility index (Phi) is 40.4. The zero-order valence-corrected chi connectivity index (χ0v) is 45.2. The summed E-state index contributed by atoms with van der Waals surface area (Å²) in [6.45, 7) is 3.78. The standard InChI is InChI=1S/C8H12O4.C8H10O3.C8H14O3.2C8H12O2.C4H6O3.B.Na.4H2S.H/c9-7(10)5-3-1-2-4-6(5)8(11)12;9-7-5-3-1-2-4-6(5)8(10)11-7;9-5-6-3-1-2-4-7(6)8(10)11;2*9-8-7-4-2-1-3-6(7)5-10-8;1-3(5)7-4(2)6;;;;;;;/h5-6H,1-4H2,(H,9,10)(H,11,12);5-6H,1-4H2;6-7,9H,1-5H2,(H,10,11);2*6-7H,1-5H2;1-2H3;;;4*1H2;/q;;;;;;;+1;;;;;-1/t2*5-,6-;3*6-,7+;;;;;;;;/m00111......../s1. The number of cyclic esters (lactones) is 4. The third-order valence-electron chi connectivity index (χ3n) is 13.0. The van der Waals surface area contributed by atoms with Crippen LogP contribution in [0.5, 0.6) is 0 Å². The molecule has 0 bridgehead atoms. The summed E-state index contributed by atoms with van der Waals surface area (Å²) in [7, 11) is 0. The van der Waals surface area contributed by atoms with Crippen LogP contribution in [-0.2, 0) is 62.1 Å². The van der Waals surface area contributed by atoms with Crippen LogP contribution in [0.2, 0.25) is 0 Å². The van der Waals surface area contributed by atoms with Crippen LogP contribution in [-0.4, -0.2) is 102 Å². The number of esters is 6. The summed E-state index contributed by atoms with van der Waals surface area (Å²) in [6.07, 6.45) is 19.7. The largest absolute Gasteiger partial charge is 1.00 e. The van der Waals surface area contributed by atoms with Crippen molar-refractivity contribution in [3.8, 4) is 0 Å². The second-order valence-corrected chi connectivity index (χ2v) is 17.2. The molecular formula is C44H75BNaO17S4. The fourth-order valence-corrected chi connectivity index (χ4v) is 9.65. The molecule has 3 heterocycles. The summed E-state index contributed by atoms with van der Waals surface area (Å²) in [6, 6.07) is 0. The first kappa shape index (κ1) is 71.6. The molecule has 8 rings (SSSR count). The van der Waals surface area contributed by atoms with E-state index in [0.29, 0.717) is 37.9 Å². The van der Waals surface area contributed by atoms with E-state index < -0.39 is 41.7 Å². The van der Waals surface area contributed by atoms with Crippen molar-refractivity contribution in [3.63, 3.8) is 0 Å². The zero-order chi connectivity index (χ0) is 45.1. The monoisotopic (exact) mass is 1040 g/mol. The number of rotatable bonds is 4. The van der Waals surface area contributed by atoms with Gasteiger partial charge in [-0.1, -0.05) is 64.2 Å². The number of carboxylic acid groups (broad SMARTS) is 3. The second kappa shape index (κ2) is 37.8. The van der Waals surface area contributed by atoms with Gasteiger partial charge in [-0.25, -0.2) is 0 Å². The molecule has 0 spiro atoms. The Hall–Kier alpha value is -1.95. The summed E-state index contributed by atoms with van der Waals surface area (Å²) in [5, 5.41) is 35.0. The van der Waals surface area contributed by atoms with Crippen LogP contribution in [0.1, 0.15) is 144 Å². The number of carboxylic acids is 3. The first-order chi connectivity index (χ1) is 29.0. The first-order valence-electron chi connectivity index (χ1n) is 22.1. The van der Waals surface area contributed by atoms with E-state index in [9.17, 15) is 43.2 Å². The molecule has 5 saturated carbocycles. The minimum atomic E-state index is -0.970. The minimum Gasteiger partial charge on any atom is -1.00 e. The van der Waals surface area contributed by atoms with E-state index in [0.717, 1.165) is 77.0 Å². The van der Waals surface area contributed by atoms with Gasteiger partial charge in [-0.05, 0) is 70.1 Å². The van der Waals surface area contributed by atoms with E-state index >= 15 is 0 Å². The SMILES string of the molecule is CC(=O)OC(C)=O.O=C(O)[C@H]1CCCC[C@@H]1C(=O)O.O=C(O)[C@H]1CCCC[C@@H]1CO.O=C1OC(=O)[C@H]2CCCC[C@H]12.O=C1OC[C@H]2CCCC[C@H]12.O=C1OC[C@H]2CCCC[C@H]12.S.S.S.S.[B].[H-].[Na+]. The van der Waals surface area contributed by atoms with E-state index in [1.807, 2.05) is 0 Å². The molecule has 0 aromatic carbocycles. The number of aliphatic carboxylic acids is 3. The molecular weight excluding hydrogens is 963 g/mol. The van der Waals surface area contributed by atoms with E-state index in [1.54, 1.807) is 0 Å². The number of fused-ring (bicyclic) bond motifs is 3. The quantitative estimate of drug-likeness (QED) is 0.136. The summed E-state index contributed by atoms with van der Waals surface area (Å²) in [4.78, 5) is 95.4. The minimum absolute atomic E-state index is 0. The maximum absolute atomic E-state index is 11.0. The van der Waals surface area contributed by atoms with Gasteiger partial charge >= 0.3 is 83.3 Å². The number of aliphatic hydroxyl groups is 1. The van der Waals surface area contributed by atoms with Gasteiger partial charge in [0.25, 0.3) is 0 Å². The summed E-state index contributed by atoms with van der Waals surface area (Å²) >= 11 is 0. The van der Waals surface area contributed by atoms with Crippen molar-refractivity contribution in [1.82, 2.24) is 0 Å². The number of hydrogen-bond acceptors (Lipinski definition) is 14. The Morgan fingerprint density at radius 2 is 0.791 bits per heavy atom. The van der Waals surface area contributed by atoms with Crippen LogP contribution in [0.15, 0.2) is 0 Å². The third-order valence-corrected chi connectivity index (χ3v) is 13.0. The fraction of sp³-hybridized carbons (Fsp3) is 0.795. The number of hydrogen-bond donors (Lipinski definition) is 4. The number of carbonyl (C=O) groups is 9. The maximum Gasteiger partial charge on any atom is 1.00 e. The van der Waals surface area contributed by atoms with Crippen LogP contribution < -0.4 is 29.6 Å². The maximum atomic E-state index is 11.0. The average molecular weight is 1040 g/mol. The van der Waals surface area contributed by atoms with Crippen LogP contribution in [0.4, 0.5) is 0 Å². The van der Waals surface area contributed by atoms with Gasteiger partial charge in [0.2, 0.25) is 0 Å². The average Bonchev–Trinajstić information content (AvgIpc) is 3.91. The summed E-state index contributed by atoms with van der Waals surface area (Å²) < 4.78 is 18.4. The molecule has 0 aromatic heterocycles. The molecule has 67 heavy (non-hydrogen) atoms. The van der Waals surface area contributed by atoms with Crippen molar-refractivity contribution in [3.05, 3.63) is 0 Å². The van der Waals surface area contributed by atoms with E-state index in [-0.39, 0.29) is 159 Å². The molecule has 0 amide bonds. The van der Waals surface area contributed by atoms with Crippen LogP contribution >= 0.6 is 54.0 Å². The molecule has 3 saturated heterocycles. The van der Waals surface area contributed by atoms with Crippen molar-refractivity contribution in [1.29, 1.82) is 0 Å². The molecule has 0 aromatic rings. The second-order valence-electron chi connectivity index (χ2n) is 17.2. The Morgan fingerprint density at radius 3 is 1.07 bits per heavy atom. The normalized spacial score (nSPS) is 29.0. The molecule has 381 valence electrons. The molecule has 10 atom stereocenters. The predicted molar refractivity (Wildman–Crippen MR) is 261 cm³/mol. The number of ether oxygens (including phenoxy) is 4. The van der Waals surface area contributed by atoms with Gasteiger partial charge in [-0.3, -0.25) is 43.2 Å². The number of aliphatic hydroxyl groups excluding tert-OH is 1. The molecule has 8 aliphatic rings. The zero-order valence-electron chi connectivity index (χ0n) is 40.2. The summed E-state index contributed by atoms with van der Waals surface area (Å²) in [5.74, 6) is -4.43. The Balaban J connectivity index is -0.000000230. The molecule has 3 radical (unpaired) electrons. The molecule has 17 nitrogen and oxygen atoms in total. The Morgan fingerprint density at radius 1 is 0.493 bits per heavy atom. The molecule has 5 aliphatic carbocycles. The fourth-order valence-electron chi connectivity index (χ4n) is 9.65. The molecule has 3 aliphatic heterocycles. The first-order valence-corrected chi connectivity index (χ1v) is 22.1. The third kappa shape index (κ3) is 24.2. The topological polar surface area (TPSA) is 271 Å². The van der Waals surface area contributed by atoms with Gasteiger partial charge in [0.05, 0.1) is 54.6 Å². The van der Waals surface area contributed by atoms with Crippen molar-refractivity contribution in [2.24, 2.45) is 59.2 Å². The Labute approximate surface area is 447 Å². The van der Waals surface area contributed by atoms with Crippen molar-refractivity contribution >= 4 is 116 Å². The van der Waals surface area contributed by atoms with Crippen LogP contribution in [0.25, 0.3) is 0 Å². The van der Waals surface area contributed by atoms with Gasteiger partial charge in [0.1, 0.15) is 0 Å². The summed E-state index contributed by atoms with van der Waals surface area (Å²) in [5.41, 5.74) is 0. The number of carbonyl (C=O) groups excluding carboxylic acids is 6. The molecule has 4 N–H and O–H groups in total. The van der Waals surface area contributed by atoms with E-state index in [2.05, 4.69) is 9.47 Å². The van der Waals surface area contributed by atoms with Gasteiger partial charge in [-0.15, -0.1) is 0 Å². The van der Waals surface area contributed by atoms with E-state index in [1.165, 1.54) is 52.4 Å². The van der Waals surface area contributed by atoms with Gasteiger partial charge in [0.15, 0.2) is 0 Å². The van der Waals surface area contributed by atoms with Gasteiger partial charge in [0, 0.05) is 40.7 Å². The molecule has 0 unspecified atom stereocenters. The molecule has 23 heteroatoms.